The van der Waals surface area contributed by atoms with Gasteiger partial charge in [-0.25, -0.2) is 4.99 Å². The van der Waals surface area contributed by atoms with Gasteiger partial charge in [-0.1, -0.05) is 147 Å². The van der Waals surface area contributed by atoms with Crippen LogP contribution < -0.4 is 4.98 Å². The van der Waals surface area contributed by atoms with E-state index in [1.54, 1.807) is 66.7 Å². The minimum atomic E-state index is -0.522. The SMILES string of the molecule is Clc1cccc(Cl)c1/C1=C2\C=CC([N-]2)C(c2c(Cl)cccc2Cl)C2=N/C(=C(/c3c(Cl)cccc3Cl)c3ccc([n-]3)/C(c3c(Cl)cccc3Cl)=C3/C=CC1=N3)C=C2.[CH-]=O.[Ru+3]. The molecule has 1 aromatic heterocycles. The van der Waals surface area contributed by atoms with Crippen molar-refractivity contribution in [3.63, 3.8) is 0 Å². The summed E-state index contributed by atoms with van der Waals surface area (Å²) in [6, 6.07) is 24.8. The summed E-state index contributed by atoms with van der Waals surface area (Å²) in [4.78, 5) is 23.5. The van der Waals surface area contributed by atoms with Gasteiger partial charge in [0.2, 0.25) is 0 Å². The van der Waals surface area contributed by atoms with Gasteiger partial charge >= 0.3 is 19.5 Å². The number of aliphatic imine (C=N–C) groups is 2. The van der Waals surface area contributed by atoms with Crippen LogP contribution in [-0.2, 0) is 24.3 Å². The smallest absolute Gasteiger partial charge is 0.677 e. The van der Waals surface area contributed by atoms with Crippen molar-refractivity contribution in [1.82, 2.24) is 4.98 Å². The Balaban J connectivity index is 0.00000173. The van der Waals surface area contributed by atoms with Crippen LogP contribution in [0.25, 0.3) is 22.0 Å². The molecule has 1 radical (unpaired) electrons. The normalized spacial score (nSPS) is 21.4. The third-order valence-electron chi connectivity index (χ3n) is 9.83. The van der Waals surface area contributed by atoms with Crippen LogP contribution in [0.1, 0.15) is 39.6 Å². The van der Waals surface area contributed by atoms with Crippen LogP contribution in [0.3, 0.4) is 0 Å². The molecule has 59 heavy (non-hydrogen) atoms. The minimum absolute atomic E-state index is 0. The van der Waals surface area contributed by atoms with Crippen LogP contribution in [0.5, 0.6) is 0 Å². The van der Waals surface area contributed by atoms with Crippen LogP contribution in [0.4, 0.5) is 0 Å². The summed E-state index contributed by atoms with van der Waals surface area (Å²) >= 11 is 55.5. The van der Waals surface area contributed by atoms with E-state index in [2.05, 4.69) is 6.79 Å². The molecule has 0 spiro atoms. The Morgan fingerprint density at radius 2 is 0.915 bits per heavy atom. The number of benzene rings is 4. The fourth-order valence-corrected chi connectivity index (χ4v) is 9.81. The molecule has 293 valence electrons. The van der Waals surface area contributed by atoms with Crippen LogP contribution in [0.2, 0.25) is 40.2 Å². The Morgan fingerprint density at radius 1 is 0.492 bits per heavy atom. The molecule has 9 rings (SSSR count). The number of hydrogen-bond acceptors (Lipinski definition) is 3. The number of halogens is 8. The molecule has 2 atom stereocenters. The van der Waals surface area contributed by atoms with E-state index in [1.807, 2.05) is 54.7 Å². The molecule has 0 N–H and O–H groups in total. The molecule has 4 aromatic carbocycles. The first-order valence-corrected chi connectivity index (χ1v) is 20.4. The van der Waals surface area contributed by atoms with Gasteiger partial charge in [-0.15, -0.1) is 17.1 Å². The van der Waals surface area contributed by atoms with Gasteiger partial charge in [0.15, 0.2) is 0 Å². The number of aromatic nitrogens is 1. The second-order valence-corrected chi connectivity index (χ2v) is 16.3. The molecule has 5 heterocycles. The topological polar surface area (TPSA) is 70.0 Å². The Bertz CT molecular complexity index is 2730. The largest absolute Gasteiger partial charge is 3.00 e. The van der Waals surface area contributed by atoms with E-state index in [1.165, 1.54) is 0 Å². The molecule has 0 saturated heterocycles. The standard InChI is InChI=1S/C44H22Cl8N4.CHO.Ru/c45-21-5-1-6-22(46)37(21)41-29-13-15-31(53-29)42(38-23(47)7-2-8-24(38)48)33-17-19-35(55-33)44(40-27(51)11-4-12-28(40)52)36-20-18-34(56-36)43(32-16-14-30(41)54-32)39-25(49)9-3-10-26(39)50;1-2;/h1-20,29,41H;1H;/q-2;-1;+3/b42-31+,43-32+,44-35+;;. The molecule has 4 aliphatic heterocycles. The summed E-state index contributed by atoms with van der Waals surface area (Å²) < 4.78 is 0. The predicted molar refractivity (Wildman–Crippen MR) is 244 cm³/mol. The quantitative estimate of drug-likeness (QED) is 0.102. The van der Waals surface area contributed by atoms with E-state index in [0.29, 0.717) is 119 Å². The van der Waals surface area contributed by atoms with Crippen molar-refractivity contribution in [3.8, 4) is 0 Å². The first-order chi connectivity index (χ1) is 28.1. The van der Waals surface area contributed by atoms with Crippen molar-refractivity contribution in [2.24, 2.45) is 9.98 Å². The molecule has 0 aliphatic carbocycles. The van der Waals surface area contributed by atoms with Crippen molar-refractivity contribution >= 4 is 128 Å². The van der Waals surface area contributed by atoms with Crippen LogP contribution >= 0.6 is 92.8 Å². The van der Waals surface area contributed by atoms with E-state index in [-0.39, 0.29) is 19.5 Å². The average molecular weight is 1020 g/mol. The van der Waals surface area contributed by atoms with Crippen molar-refractivity contribution in [3.05, 3.63) is 218 Å². The monoisotopic (exact) mass is 1020 g/mol. The van der Waals surface area contributed by atoms with Gasteiger partial charge < -0.3 is 15.1 Å². The number of hydrogen-bond donors (Lipinski definition) is 0. The van der Waals surface area contributed by atoms with Crippen LogP contribution in [-0.4, -0.2) is 24.3 Å². The van der Waals surface area contributed by atoms with Gasteiger partial charge in [0.25, 0.3) is 0 Å². The predicted octanol–water partition coefficient (Wildman–Crippen LogP) is 14.7. The van der Waals surface area contributed by atoms with Gasteiger partial charge in [-0.3, -0.25) is 11.8 Å². The van der Waals surface area contributed by atoms with E-state index in [0.717, 1.165) is 0 Å². The maximum atomic E-state index is 7.75. The van der Waals surface area contributed by atoms with Crippen molar-refractivity contribution < 1.29 is 24.3 Å². The molecule has 4 aliphatic rings. The fraction of sp³-hybridized carbons (Fsp3) is 0.0444. The number of rotatable bonds is 4. The summed E-state index contributed by atoms with van der Waals surface area (Å²) in [5, 5.41) is 8.84. The summed E-state index contributed by atoms with van der Waals surface area (Å²) in [5.41, 5.74) is 8.30. The Morgan fingerprint density at radius 3 is 1.41 bits per heavy atom. The summed E-state index contributed by atoms with van der Waals surface area (Å²) in [7, 11) is 0. The second kappa shape index (κ2) is 18.1. The molecule has 0 fully saturated rings. The number of allylic oxidation sites excluding steroid dienone is 6. The van der Waals surface area contributed by atoms with Gasteiger partial charge in [0, 0.05) is 68.5 Å². The Labute approximate surface area is 393 Å². The van der Waals surface area contributed by atoms with Crippen LogP contribution in [0, 0.1) is 0 Å². The summed E-state index contributed by atoms with van der Waals surface area (Å²) in [6.07, 6.45) is 11.6. The molecule has 0 saturated carbocycles. The molecule has 8 bridgehead atoms. The number of fused-ring (bicyclic) bond motifs is 6. The van der Waals surface area contributed by atoms with Gasteiger partial charge in [0.05, 0.1) is 17.1 Å². The average Bonchev–Trinajstić information content (AvgIpc) is 4.04. The minimum Gasteiger partial charge on any atom is -0.677 e. The molecule has 5 nitrogen and oxygen atoms in total. The van der Waals surface area contributed by atoms with Gasteiger partial charge in [-0.05, 0) is 95.1 Å². The first-order valence-electron chi connectivity index (χ1n) is 17.4. The number of carbonyl (C=O) groups excluding carboxylic acids is 1. The maximum Gasteiger partial charge on any atom is 3.00 e. The molecular weight excluding hydrogens is 997 g/mol. The third-order valence-corrected chi connectivity index (χ3v) is 12.4. The second-order valence-electron chi connectivity index (χ2n) is 13.1. The molecule has 14 heteroatoms. The van der Waals surface area contributed by atoms with Crippen LogP contribution in [0.15, 0.2) is 148 Å². The van der Waals surface area contributed by atoms with Gasteiger partial charge in [0.1, 0.15) is 0 Å². The summed E-state index contributed by atoms with van der Waals surface area (Å²) in [5.74, 6) is -0.522. The van der Waals surface area contributed by atoms with Crippen molar-refractivity contribution in [2.75, 3.05) is 0 Å². The van der Waals surface area contributed by atoms with E-state index >= 15 is 0 Å². The third kappa shape index (κ3) is 8.01. The van der Waals surface area contributed by atoms with Crippen molar-refractivity contribution in [1.29, 1.82) is 0 Å². The van der Waals surface area contributed by atoms with E-state index in [4.69, 9.17) is 118 Å². The van der Waals surface area contributed by atoms with E-state index in [9.17, 15) is 0 Å². The molecule has 2 unspecified atom stereocenters. The molecule has 0 amide bonds. The fourth-order valence-electron chi connectivity index (χ4n) is 7.42. The number of nitrogens with zero attached hydrogens (tertiary/aromatic N) is 4. The van der Waals surface area contributed by atoms with Gasteiger partial charge in [-0.2, -0.15) is 0 Å². The first kappa shape index (κ1) is 43.4. The zero-order valence-electron chi connectivity index (χ0n) is 29.9. The molecule has 5 aromatic rings. The maximum absolute atomic E-state index is 7.75. The zero-order chi connectivity index (χ0) is 40.8. The Hall–Kier alpha value is -3.65. The van der Waals surface area contributed by atoms with E-state index < -0.39 is 12.0 Å². The summed E-state index contributed by atoms with van der Waals surface area (Å²) in [6.45, 7) is 3.25. The zero-order valence-corrected chi connectivity index (χ0v) is 37.6. The Kier molecular flexibility index (Phi) is 13.4. The van der Waals surface area contributed by atoms with Crippen molar-refractivity contribution in [2.45, 2.75) is 12.0 Å². The molecular formula is C45H23Cl8N4ORu.